The van der Waals surface area contributed by atoms with Crippen molar-refractivity contribution in [2.75, 3.05) is 38.2 Å². The van der Waals surface area contributed by atoms with Gasteiger partial charge in [0.2, 0.25) is 0 Å². The van der Waals surface area contributed by atoms with E-state index in [9.17, 15) is 9.59 Å². The van der Waals surface area contributed by atoms with Crippen molar-refractivity contribution in [2.24, 2.45) is 0 Å². The van der Waals surface area contributed by atoms with E-state index < -0.39 is 0 Å². The van der Waals surface area contributed by atoms with Crippen molar-refractivity contribution in [3.8, 4) is 5.75 Å². The third kappa shape index (κ3) is 3.98. The maximum Gasteiger partial charge on any atom is 0.278 e. The van der Waals surface area contributed by atoms with E-state index in [1.807, 2.05) is 59.5 Å². The van der Waals surface area contributed by atoms with Crippen LogP contribution in [0, 0.1) is 0 Å². The topological polar surface area (TPSA) is 78.9 Å². The summed E-state index contributed by atoms with van der Waals surface area (Å²) in [6, 6.07) is 16.8. The molecule has 2 aliphatic rings. The van der Waals surface area contributed by atoms with Crippen LogP contribution < -0.4 is 9.64 Å². The Bertz CT molecular complexity index is 1220. The molecule has 1 aromatic carbocycles. The number of amides is 2. The van der Waals surface area contributed by atoms with Crippen LogP contribution in [0.15, 0.2) is 78.9 Å². The van der Waals surface area contributed by atoms with E-state index in [1.54, 1.807) is 25.7 Å². The second-order valence-corrected chi connectivity index (χ2v) is 8.14. The normalized spacial score (nSPS) is 16.4. The SMILES string of the molecule is COc1ccccc1C1=C(N2CCN(c3ccccn3)CC2)C(=O)N(Cc2ccncc2)C1=O. The molecule has 1 fully saturated rings. The summed E-state index contributed by atoms with van der Waals surface area (Å²) < 4.78 is 5.55. The van der Waals surface area contributed by atoms with Gasteiger partial charge in [-0.15, -0.1) is 0 Å². The van der Waals surface area contributed by atoms with Gasteiger partial charge in [-0.1, -0.05) is 24.3 Å². The molecule has 0 aliphatic carbocycles. The van der Waals surface area contributed by atoms with Crippen molar-refractivity contribution in [1.82, 2.24) is 19.8 Å². The molecule has 0 spiro atoms. The molecule has 172 valence electrons. The number of pyridine rings is 2. The summed E-state index contributed by atoms with van der Waals surface area (Å²) in [4.78, 5) is 41.3. The minimum atomic E-state index is -0.312. The Morgan fingerprint density at radius 3 is 2.24 bits per heavy atom. The van der Waals surface area contributed by atoms with Crippen molar-refractivity contribution >= 4 is 23.2 Å². The van der Waals surface area contributed by atoms with Crippen molar-refractivity contribution in [3.63, 3.8) is 0 Å². The molecule has 3 aromatic rings. The summed E-state index contributed by atoms with van der Waals surface area (Å²) in [5.74, 6) is 0.880. The van der Waals surface area contributed by atoms with Crippen LogP contribution in [0.3, 0.4) is 0 Å². The Labute approximate surface area is 198 Å². The van der Waals surface area contributed by atoms with Crippen LogP contribution in [0.2, 0.25) is 0 Å². The molecule has 34 heavy (non-hydrogen) atoms. The third-order valence-corrected chi connectivity index (χ3v) is 6.18. The molecular weight excluding hydrogens is 430 g/mol. The van der Waals surface area contributed by atoms with E-state index in [-0.39, 0.29) is 18.4 Å². The lowest BCUT2D eigenvalue weighted by molar-refractivity contribution is -0.138. The highest BCUT2D eigenvalue weighted by molar-refractivity contribution is 6.35. The first-order chi connectivity index (χ1) is 16.7. The minimum absolute atomic E-state index is 0.191. The van der Waals surface area contributed by atoms with Crippen LogP contribution in [0.5, 0.6) is 5.75 Å². The molecule has 8 nitrogen and oxygen atoms in total. The fraction of sp³-hybridized carbons (Fsp3) is 0.231. The molecule has 0 N–H and O–H groups in total. The highest BCUT2D eigenvalue weighted by Crippen LogP contribution is 2.37. The van der Waals surface area contributed by atoms with Crippen LogP contribution in [0.25, 0.3) is 5.57 Å². The van der Waals surface area contributed by atoms with E-state index in [4.69, 9.17) is 4.74 Å². The standard InChI is InChI=1S/C26H25N5O3/c1-34-21-7-3-2-6-20(21)23-24(26(33)31(25(23)32)18-19-9-12-27-13-10-19)30-16-14-29(15-17-30)22-8-4-5-11-28-22/h2-13H,14-18H2,1H3. The van der Waals surface area contributed by atoms with Crippen molar-refractivity contribution in [2.45, 2.75) is 6.54 Å². The van der Waals surface area contributed by atoms with Crippen molar-refractivity contribution in [3.05, 3.63) is 90.0 Å². The number of piperazine rings is 1. The van der Waals surface area contributed by atoms with Gasteiger partial charge in [0.25, 0.3) is 11.8 Å². The quantitative estimate of drug-likeness (QED) is 0.529. The van der Waals surface area contributed by atoms with Crippen LogP contribution in [0.1, 0.15) is 11.1 Å². The summed E-state index contributed by atoms with van der Waals surface area (Å²) in [7, 11) is 1.57. The Hall–Kier alpha value is -4.20. The van der Waals surface area contributed by atoms with Crippen molar-refractivity contribution < 1.29 is 14.3 Å². The molecule has 1 saturated heterocycles. The van der Waals surface area contributed by atoms with Gasteiger partial charge < -0.3 is 14.5 Å². The van der Waals surface area contributed by atoms with Gasteiger partial charge >= 0.3 is 0 Å². The number of anilines is 1. The summed E-state index contributed by atoms with van der Waals surface area (Å²) in [5, 5.41) is 0. The zero-order valence-corrected chi connectivity index (χ0v) is 18.9. The summed E-state index contributed by atoms with van der Waals surface area (Å²) in [6.07, 6.45) is 5.10. The molecule has 0 saturated carbocycles. The van der Waals surface area contributed by atoms with Gasteiger partial charge in [-0.3, -0.25) is 19.5 Å². The monoisotopic (exact) mass is 455 g/mol. The second-order valence-electron chi connectivity index (χ2n) is 8.14. The maximum absolute atomic E-state index is 13.7. The Balaban J connectivity index is 1.49. The number of para-hydroxylation sites is 1. The average Bonchev–Trinajstić information content (AvgIpc) is 3.14. The fourth-order valence-electron chi connectivity index (χ4n) is 4.46. The number of aromatic nitrogens is 2. The number of carbonyl (C=O) groups is 2. The maximum atomic E-state index is 13.7. The predicted molar refractivity (Wildman–Crippen MR) is 128 cm³/mol. The predicted octanol–water partition coefficient (Wildman–Crippen LogP) is 2.59. The van der Waals surface area contributed by atoms with Crippen LogP contribution in [-0.2, 0) is 16.1 Å². The Morgan fingerprint density at radius 2 is 1.53 bits per heavy atom. The van der Waals surface area contributed by atoms with E-state index in [0.29, 0.717) is 48.8 Å². The number of ether oxygens (including phenoxy) is 1. The molecular formula is C26H25N5O3. The Morgan fingerprint density at radius 1 is 0.824 bits per heavy atom. The lowest BCUT2D eigenvalue weighted by atomic mass is 10.0. The molecule has 8 heteroatoms. The first-order valence-electron chi connectivity index (χ1n) is 11.2. The van der Waals surface area contributed by atoms with Gasteiger partial charge in [-0.05, 0) is 35.9 Å². The van der Waals surface area contributed by atoms with Gasteiger partial charge in [0.1, 0.15) is 17.3 Å². The fourth-order valence-corrected chi connectivity index (χ4v) is 4.46. The number of hydrogen-bond acceptors (Lipinski definition) is 7. The first-order valence-corrected chi connectivity index (χ1v) is 11.2. The number of nitrogens with zero attached hydrogens (tertiary/aromatic N) is 5. The summed E-state index contributed by atoms with van der Waals surface area (Å²) in [6.45, 7) is 2.80. The number of hydrogen-bond donors (Lipinski definition) is 0. The molecule has 0 bridgehead atoms. The summed E-state index contributed by atoms with van der Waals surface area (Å²) in [5.41, 5.74) is 2.30. The highest BCUT2D eigenvalue weighted by atomic mass is 16.5. The van der Waals surface area contributed by atoms with Crippen molar-refractivity contribution in [1.29, 1.82) is 0 Å². The van der Waals surface area contributed by atoms with E-state index in [2.05, 4.69) is 14.9 Å². The molecule has 2 aromatic heterocycles. The van der Waals surface area contributed by atoms with E-state index in [1.165, 1.54) is 4.90 Å². The molecule has 4 heterocycles. The molecule has 5 rings (SSSR count). The van der Waals surface area contributed by atoms with Gasteiger partial charge in [0, 0.05) is 50.3 Å². The zero-order chi connectivity index (χ0) is 23.5. The highest BCUT2D eigenvalue weighted by Gasteiger charge is 2.43. The molecule has 2 aliphatic heterocycles. The minimum Gasteiger partial charge on any atom is -0.496 e. The first kappa shape index (κ1) is 21.6. The molecule has 0 atom stereocenters. The lowest BCUT2D eigenvalue weighted by Crippen LogP contribution is -2.47. The molecule has 0 radical (unpaired) electrons. The van der Waals surface area contributed by atoms with Crippen LogP contribution >= 0.6 is 0 Å². The number of methoxy groups -OCH3 is 1. The third-order valence-electron chi connectivity index (χ3n) is 6.18. The smallest absolute Gasteiger partial charge is 0.278 e. The van der Waals surface area contributed by atoms with Gasteiger partial charge in [0.05, 0.1) is 19.2 Å². The average molecular weight is 456 g/mol. The lowest BCUT2D eigenvalue weighted by Gasteiger charge is -2.37. The van der Waals surface area contributed by atoms with Crippen LogP contribution in [-0.4, -0.2) is 64.9 Å². The largest absolute Gasteiger partial charge is 0.496 e. The molecule has 0 unspecified atom stereocenters. The number of carbonyl (C=O) groups excluding carboxylic acids is 2. The van der Waals surface area contributed by atoms with Gasteiger partial charge in [-0.2, -0.15) is 0 Å². The van der Waals surface area contributed by atoms with Gasteiger partial charge in [-0.25, -0.2) is 4.98 Å². The molecule has 2 amide bonds. The van der Waals surface area contributed by atoms with E-state index in [0.717, 1.165) is 11.4 Å². The zero-order valence-electron chi connectivity index (χ0n) is 18.9. The number of rotatable bonds is 6. The number of imide groups is 1. The Kier molecular flexibility index (Phi) is 5.95. The number of benzene rings is 1. The van der Waals surface area contributed by atoms with Gasteiger partial charge in [0.15, 0.2) is 0 Å². The summed E-state index contributed by atoms with van der Waals surface area (Å²) >= 11 is 0. The van der Waals surface area contributed by atoms with Crippen LogP contribution in [0.4, 0.5) is 5.82 Å². The second kappa shape index (κ2) is 9.35. The van der Waals surface area contributed by atoms with E-state index >= 15 is 0 Å².